The summed E-state index contributed by atoms with van der Waals surface area (Å²) in [5.41, 5.74) is -0.458. The Bertz CT molecular complexity index is 444. The maximum atomic E-state index is 12.1. The molecule has 1 fully saturated rings. The van der Waals surface area contributed by atoms with Crippen LogP contribution in [0.1, 0.15) is 33.6 Å². The van der Waals surface area contributed by atoms with Crippen molar-refractivity contribution in [3.8, 4) is 0 Å². The predicted octanol–water partition coefficient (Wildman–Crippen LogP) is 2.29. The quantitative estimate of drug-likeness (QED) is 0.918. The van der Waals surface area contributed by atoms with E-state index in [0.717, 1.165) is 19.4 Å². The van der Waals surface area contributed by atoms with Crippen molar-refractivity contribution in [2.45, 2.75) is 45.3 Å². The molecule has 1 aromatic rings. The van der Waals surface area contributed by atoms with Gasteiger partial charge >= 0.3 is 6.09 Å². The zero-order valence-corrected chi connectivity index (χ0v) is 12.3. The molecule has 1 amide bonds. The zero-order valence-electron chi connectivity index (χ0n) is 12.3. The topological polar surface area (TPSA) is 67.3 Å². The molecule has 6 nitrogen and oxygen atoms in total. The number of nitrogens with zero attached hydrogens (tertiary/aromatic N) is 3. The third-order valence-corrected chi connectivity index (χ3v) is 3.07. The number of anilines is 1. The Morgan fingerprint density at radius 2 is 2.15 bits per heavy atom. The van der Waals surface area contributed by atoms with Crippen LogP contribution in [0.5, 0.6) is 0 Å². The van der Waals surface area contributed by atoms with Crippen molar-refractivity contribution in [3.63, 3.8) is 0 Å². The summed E-state index contributed by atoms with van der Waals surface area (Å²) >= 11 is 0. The Morgan fingerprint density at radius 3 is 2.80 bits per heavy atom. The van der Waals surface area contributed by atoms with Crippen LogP contribution < -0.4 is 5.32 Å². The molecule has 1 saturated heterocycles. The fraction of sp³-hybridized carbons (Fsp3) is 0.643. The molecule has 20 heavy (non-hydrogen) atoms. The zero-order chi connectivity index (χ0) is 14.6. The highest BCUT2D eigenvalue weighted by atomic mass is 16.6. The van der Waals surface area contributed by atoms with Gasteiger partial charge in [-0.05, 0) is 39.7 Å². The van der Waals surface area contributed by atoms with Crippen LogP contribution in [0, 0.1) is 0 Å². The van der Waals surface area contributed by atoms with Crippen molar-refractivity contribution in [2.24, 2.45) is 0 Å². The lowest BCUT2D eigenvalue weighted by atomic mass is 10.2. The number of rotatable bonds is 3. The van der Waals surface area contributed by atoms with Gasteiger partial charge in [0.2, 0.25) is 5.95 Å². The third kappa shape index (κ3) is 4.08. The van der Waals surface area contributed by atoms with Gasteiger partial charge in [-0.2, -0.15) is 0 Å². The second-order valence-corrected chi connectivity index (χ2v) is 5.92. The van der Waals surface area contributed by atoms with Crippen molar-refractivity contribution in [2.75, 3.05) is 18.4 Å². The largest absolute Gasteiger partial charge is 0.444 e. The van der Waals surface area contributed by atoms with Crippen molar-refractivity contribution in [1.29, 1.82) is 0 Å². The summed E-state index contributed by atoms with van der Waals surface area (Å²) in [5, 5.41) is 3.16. The summed E-state index contributed by atoms with van der Waals surface area (Å²) in [4.78, 5) is 22.1. The van der Waals surface area contributed by atoms with Crippen LogP contribution in [0.15, 0.2) is 18.5 Å². The first-order chi connectivity index (χ1) is 9.46. The maximum Gasteiger partial charge on any atom is 0.410 e. The molecule has 1 aliphatic rings. The Labute approximate surface area is 119 Å². The third-order valence-electron chi connectivity index (χ3n) is 3.07. The number of hydrogen-bond donors (Lipinski definition) is 1. The van der Waals surface area contributed by atoms with Gasteiger partial charge in [-0.1, -0.05) is 0 Å². The number of hydrogen-bond acceptors (Lipinski definition) is 5. The number of carbonyl (C=O) groups is 1. The van der Waals surface area contributed by atoms with Gasteiger partial charge in [-0.3, -0.25) is 0 Å². The molecule has 110 valence electrons. The first kappa shape index (κ1) is 14.6. The number of likely N-dealkylation sites (tertiary alicyclic amines) is 1. The molecule has 0 unspecified atom stereocenters. The molecule has 0 bridgehead atoms. The van der Waals surface area contributed by atoms with Crippen molar-refractivity contribution < 1.29 is 9.53 Å². The first-order valence-electron chi connectivity index (χ1n) is 6.96. The second kappa shape index (κ2) is 6.07. The van der Waals surface area contributed by atoms with Crippen LogP contribution in [0.4, 0.5) is 10.7 Å². The van der Waals surface area contributed by atoms with Crippen molar-refractivity contribution >= 4 is 12.0 Å². The van der Waals surface area contributed by atoms with E-state index < -0.39 is 5.60 Å². The minimum absolute atomic E-state index is 0.133. The Balaban J connectivity index is 1.89. The number of carbonyl (C=O) groups excluding carboxylic acids is 1. The van der Waals surface area contributed by atoms with Crippen LogP contribution in [-0.2, 0) is 4.74 Å². The monoisotopic (exact) mass is 278 g/mol. The van der Waals surface area contributed by atoms with E-state index in [1.807, 2.05) is 20.8 Å². The normalized spacial score (nSPS) is 18.9. The molecule has 1 aliphatic heterocycles. The van der Waals surface area contributed by atoms with Crippen LogP contribution >= 0.6 is 0 Å². The van der Waals surface area contributed by atoms with Gasteiger partial charge in [-0.15, -0.1) is 0 Å². The van der Waals surface area contributed by atoms with Gasteiger partial charge in [0.15, 0.2) is 0 Å². The molecule has 0 spiro atoms. The first-order valence-corrected chi connectivity index (χ1v) is 6.96. The molecule has 1 atom stereocenters. The lowest BCUT2D eigenvalue weighted by molar-refractivity contribution is 0.0235. The smallest absolute Gasteiger partial charge is 0.410 e. The van der Waals surface area contributed by atoms with Gasteiger partial charge in [0.05, 0.1) is 6.04 Å². The molecule has 0 radical (unpaired) electrons. The standard InChI is InChI=1S/C14H22N4O2/c1-14(2,3)20-13(19)18-9-4-6-11(18)10-17-12-15-7-5-8-16-12/h5,7-8,11H,4,6,9-10H2,1-3H3,(H,15,16,17)/t11-/m0/s1. The van der Waals surface area contributed by atoms with E-state index in [1.54, 1.807) is 23.4 Å². The van der Waals surface area contributed by atoms with Gasteiger partial charge in [0.1, 0.15) is 5.60 Å². The van der Waals surface area contributed by atoms with E-state index in [4.69, 9.17) is 4.74 Å². The molecule has 6 heteroatoms. The fourth-order valence-electron chi connectivity index (χ4n) is 2.21. The lowest BCUT2D eigenvalue weighted by Gasteiger charge is -2.28. The maximum absolute atomic E-state index is 12.1. The highest BCUT2D eigenvalue weighted by molar-refractivity contribution is 5.69. The molecular formula is C14H22N4O2. The number of nitrogens with one attached hydrogen (secondary N) is 1. The molecule has 1 aromatic heterocycles. The summed E-state index contributed by atoms with van der Waals surface area (Å²) in [7, 11) is 0. The number of amides is 1. The van der Waals surface area contributed by atoms with Crippen LogP contribution in [0.3, 0.4) is 0 Å². The average molecular weight is 278 g/mol. The van der Waals surface area contributed by atoms with Crippen molar-refractivity contribution in [3.05, 3.63) is 18.5 Å². The molecule has 2 rings (SSSR count). The minimum Gasteiger partial charge on any atom is -0.444 e. The van der Waals surface area contributed by atoms with Gasteiger partial charge < -0.3 is 15.0 Å². The van der Waals surface area contributed by atoms with E-state index >= 15 is 0 Å². The number of aromatic nitrogens is 2. The summed E-state index contributed by atoms with van der Waals surface area (Å²) in [6.07, 6.45) is 5.11. The van der Waals surface area contributed by atoms with E-state index in [2.05, 4.69) is 15.3 Å². The molecule has 2 heterocycles. The molecule has 1 N–H and O–H groups in total. The van der Waals surface area contributed by atoms with Crippen LogP contribution in [0.2, 0.25) is 0 Å². The van der Waals surface area contributed by atoms with Crippen molar-refractivity contribution in [1.82, 2.24) is 14.9 Å². The summed E-state index contributed by atoms with van der Waals surface area (Å²) < 4.78 is 5.43. The van der Waals surface area contributed by atoms with E-state index in [9.17, 15) is 4.79 Å². The molecule has 0 aliphatic carbocycles. The second-order valence-electron chi connectivity index (χ2n) is 5.92. The van der Waals surface area contributed by atoms with Crippen LogP contribution in [0.25, 0.3) is 0 Å². The molecule has 0 aromatic carbocycles. The number of ether oxygens (including phenoxy) is 1. The predicted molar refractivity (Wildman–Crippen MR) is 76.5 cm³/mol. The van der Waals surface area contributed by atoms with Gasteiger partial charge in [0.25, 0.3) is 0 Å². The fourth-order valence-corrected chi connectivity index (χ4v) is 2.21. The SMILES string of the molecule is CC(C)(C)OC(=O)N1CCC[C@H]1CNc1ncccn1. The Kier molecular flexibility index (Phi) is 4.42. The Morgan fingerprint density at radius 1 is 1.45 bits per heavy atom. The van der Waals surface area contributed by atoms with Gasteiger partial charge in [-0.25, -0.2) is 14.8 Å². The van der Waals surface area contributed by atoms with E-state index in [0.29, 0.717) is 12.5 Å². The minimum atomic E-state index is -0.458. The summed E-state index contributed by atoms with van der Waals surface area (Å²) in [6.45, 7) is 7.03. The van der Waals surface area contributed by atoms with Crippen LogP contribution in [-0.4, -0.2) is 45.7 Å². The summed E-state index contributed by atoms with van der Waals surface area (Å²) in [5.74, 6) is 0.587. The summed E-state index contributed by atoms with van der Waals surface area (Å²) in [6, 6.07) is 1.90. The van der Waals surface area contributed by atoms with E-state index in [-0.39, 0.29) is 12.1 Å². The highest BCUT2D eigenvalue weighted by Gasteiger charge is 2.31. The average Bonchev–Trinajstić information content (AvgIpc) is 2.84. The van der Waals surface area contributed by atoms with E-state index in [1.165, 1.54) is 0 Å². The van der Waals surface area contributed by atoms with Gasteiger partial charge in [0, 0.05) is 25.5 Å². The highest BCUT2D eigenvalue weighted by Crippen LogP contribution is 2.20. The lowest BCUT2D eigenvalue weighted by Crippen LogP contribution is -2.42. The molecule has 0 saturated carbocycles. The molecular weight excluding hydrogens is 256 g/mol. The Hall–Kier alpha value is -1.85.